The molecule has 0 aliphatic heterocycles. The van der Waals surface area contributed by atoms with Gasteiger partial charge in [0, 0.05) is 24.0 Å². The van der Waals surface area contributed by atoms with E-state index in [1.807, 2.05) is 13.8 Å². The third kappa shape index (κ3) is 14.3. The summed E-state index contributed by atoms with van der Waals surface area (Å²) < 4.78 is 10.4. The molecule has 53 heavy (non-hydrogen) atoms. The smallest absolute Gasteiger partial charge is 0.343 e. The summed E-state index contributed by atoms with van der Waals surface area (Å²) in [6.07, 6.45) is -2.54. The maximum Gasteiger partial charge on any atom is 0.343 e. The Morgan fingerprint density at radius 2 is 1.17 bits per heavy atom. The molecule has 2 aliphatic carbocycles. The topological polar surface area (TPSA) is 304 Å². The standard InChI is InChI=1S/C15H22ClN3O6S.C7H7Cl2N3O2S.C7H15NO4/c1-2-5-26-15-17-9(11(19(23)24)14(16)18-15)6-8-7-10(25-4-3-20)13(22)12(8)21;1-2-3-15-7-10-5(8)4(12(13)14)6(9)11-7;8-4-3-5(12-2-1-9)7(11)6(4)10/h8,10,12-13,20-22H,2-7H2,1H3;2-3H2,1H3;4-7,9-11H,1-3,8H2/t8-,10+,12+,13-;;4-,5+,6+,7-/m1.1/s1. The number of thioether (sulfide) groups is 2. The number of halogens is 3. The van der Waals surface area contributed by atoms with Gasteiger partial charge in [0.25, 0.3) is 0 Å². The first-order chi connectivity index (χ1) is 25.1. The fourth-order valence-electron chi connectivity index (χ4n) is 5.11. The minimum atomic E-state index is -1.13. The van der Waals surface area contributed by atoms with E-state index in [1.54, 1.807) is 0 Å². The van der Waals surface area contributed by atoms with Crippen molar-refractivity contribution in [1.82, 2.24) is 19.9 Å². The van der Waals surface area contributed by atoms with E-state index in [0.717, 1.165) is 24.3 Å². The molecule has 0 amide bonds. The van der Waals surface area contributed by atoms with Crippen LogP contribution in [0.1, 0.15) is 45.2 Å². The molecule has 2 aromatic heterocycles. The SMILES string of the molecule is CCCSc1nc(Cl)c([N+](=O)[O-])c(C[C@@H]2C[C@H](OCCO)[C@@H](O)[C@H]2O)n1.CCCSc1nc(Cl)c([N+](=O)[O-])c(Cl)n1.N[C@@H]1C[C@H](OCCO)[C@@H](O)[C@H]1O. The molecule has 0 radical (unpaired) electrons. The van der Waals surface area contributed by atoms with Gasteiger partial charge in [0.15, 0.2) is 10.3 Å². The predicted octanol–water partition coefficient (Wildman–Crippen LogP) is 2.21. The van der Waals surface area contributed by atoms with E-state index in [-0.39, 0.29) is 59.7 Å². The average Bonchev–Trinajstić information content (AvgIpc) is 3.51. The molecule has 300 valence electrons. The highest BCUT2D eigenvalue weighted by Gasteiger charge is 2.43. The Balaban J connectivity index is 0.000000304. The summed E-state index contributed by atoms with van der Waals surface area (Å²) in [5, 5.41) is 78.1. The summed E-state index contributed by atoms with van der Waals surface area (Å²) in [7, 11) is 0. The number of aliphatic hydroxyl groups excluding tert-OH is 6. The monoisotopic (exact) mass is 851 g/mol. The van der Waals surface area contributed by atoms with Gasteiger partial charge >= 0.3 is 11.4 Å². The summed E-state index contributed by atoms with van der Waals surface area (Å²) >= 11 is 19.9. The zero-order valence-corrected chi connectivity index (χ0v) is 32.6. The molecular formula is C29H44Cl3N7O12S2. The van der Waals surface area contributed by atoms with Crippen molar-refractivity contribution in [3.8, 4) is 0 Å². The van der Waals surface area contributed by atoms with E-state index >= 15 is 0 Å². The number of hydrogen-bond donors (Lipinski definition) is 7. The third-order valence-corrected chi connectivity index (χ3v) is 10.5. The molecule has 2 saturated carbocycles. The molecule has 0 aromatic carbocycles. The zero-order valence-electron chi connectivity index (χ0n) is 28.7. The summed E-state index contributed by atoms with van der Waals surface area (Å²) in [4.78, 5) is 36.3. The molecule has 24 heteroatoms. The fraction of sp³-hybridized carbons (Fsp3) is 0.724. The summed E-state index contributed by atoms with van der Waals surface area (Å²) in [5.74, 6) is 1.07. The second kappa shape index (κ2) is 23.9. The minimum absolute atomic E-state index is 0.0401. The number of rotatable bonds is 16. The highest BCUT2D eigenvalue weighted by molar-refractivity contribution is 7.99. The molecule has 8 N–H and O–H groups in total. The number of ether oxygens (including phenoxy) is 2. The lowest BCUT2D eigenvalue weighted by molar-refractivity contribution is -0.386. The van der Waals surface area contributed by atoms with Crippen molar-refractivity contribution in [3.63, 3.8) is 0 Å². The molecule has 0 spiro atoms. The normalized spacial score (nSPS) is 25.0. The predicted molar refractivity (Wildman–Crippen MR) is 197 cm³/mol. The van der Waals surface area contributed by atoms with E-state index in [0.29, 0.717) is 23.2 Å². The van der Waals surface area contributed by atoms with Gasteiger partial charge in [0.1, 0.15) is 17.9 Å². The maximum absolute atomic E-state index is 11.4. The summed E-state index contributed by atoms with van der Waals surface area (Å²) in [5.41, 5.74) is 4.78. The van der Waals surface area contributed by atoms with Gasteiger partial charge in [-0.05, 0) is 31.6 Å². The average molecular weight is 853 g/mol. The number of nitro groups is 2. The Morgan fingerprint density at radius 3 is 1.58 bits per heavy atom. The van der Waals surface area contributed by atoms with Crippen LogP contribution in [-0.2, 0) is 15.9 Å². The Hall–Kier alpha value is -1.83. The van der Waals surface area contributed by atoms with Gasteiger partial charge in [-0.2, -0.15) is 0 Å². The van der Waals surface area contributed by atoms with Crippen LogP contribution in [0.2, 0.25) is 15.5 Å². The molecule has 4 rings (SSSR count). The Morgan fingerprint density at radius 1 is 0.736 bits per heavy atom. The van der Waals surface area contributed by atoms with Crippen LogP contribution in [0.4, 0.5) is 11.4 Å². The molecular weight excluding hydrogens is 809 g/mol. The minimum Gasteiger partial charge on any atom is -0.394 e. The van der Waals surface area contributed by atoms with Crippen LogP contribution in [-0.4, -0.2) is 141 Å². The van der Waals surface area contributed by atoms with Crippen LogP contribution in [0.3, 0.4) is 0 Å². The third-order valence-electron chi connectivity index (χ3n) is 7.63. The van der Waals surface area contributed by atoms with Gasteiger partial charge in [-0.1, -0.05) is 72.2 Å². The van der Waals surface area contributed by atoms with Crippen LogP contribution in [0, 0.1) is 26.1 Å². The maximum atomic E-state index is 11.4. The first-order valence-electron chi connectivity index (χ1n) is 16.4. The Labute approximate surface area is 328 Å². The van der Waals surface area contributed by atoms with Crippen molar-refractivity contribution in [1.29, 1.82) is 0 Å². The second-order valence-corrected chi connectivity index (χ2v) is 14.8. The Bertz CT molecular complexity index is 1460. The van der Waals surface area contributed by atoms with Gasteiger partial charge in [0.05, 0.1) is 60.7 Å². The van der Waals surface area contributed by atoms with Crippen molar-refractivity contribution in [2.24, 2.45) is 11.7 Å². The van der Waals surface area contributed by atoms with E-state index < -0.39 is 64.1 Å². The van der Waals surface area contributed by atoms with Gasteiger partial charge in [-0.25, -0.2) is 19.9 Å². The van der Waals surface area contributed by atoms with Crippen LogP contribution < -0.4 is 5.73 Å². The highest BCUT2D eigenvalue weighted by Crippen LogP contribution is 2.36. The van der Waals surface area contributed by atoms with E-state index in [4.69, 9.17) is 60.2 Å². The molecule has 8 atom stereocenters. The molecule has 0 saturated heterocycles. The van der Waals surface area contributed by atoms with Crippen LogP contribution in [0.5, 0.6) is 0 Å². The second-order valence-electron chi connectivity index (χ2n) is 11.6. The summed E-state index contributed by atoms with van der Waals surface area (Å²) in [6, 6.07) is -0.427. The molecule has 2 heterocycles. The number of aliphatic hydroxyl groups is 6. The Kier molecular flexibility index (Phi) is 21.4. The molecule has 2 aliphatic rings. The fourth-order valence-corrected chi connectivity index (χ4v) is 7.46. The molecule has 2 fully saturated rings. The van der Waals surface area contributed by atoms with Gasteiger partial charge < -0.3 is 45.8 Å². The van der Waals surface area contributed by atoms with Crippen molar-refractivity contribution >= 4 is 69.7 Å². The molecule has 0 bridgehead atoms. The number of aromatic nitrogens is 4. The van der Waals surface area contributed by atoms with Crippen LogP contribution in [0.25, 0.3) is 0 Å². The van der Waals surface area contributed by atoms with Crippen molar-refractivity contribution < 1.29 is 50.0 Å². The van der Waals surface area contributed by atoms with E-state index in [2.05, 4.69) is 19.9 Å². The van der Waals surface area contributed by atoms with Gasteiger partial charge in [-0.3, -0.25) is 20.2 Å². The van der Waals surface area contributed by atoms with Crippen molar-refractivity contribution in [2.45, 2.75) is 98.9 Å². The number of nitrogens with zero attached hydrogens (tertiary/aromatic N) is 6. The van der Waals surface area contributed by atoms with E-state index in [9.17, 15) is 40.7 Å². The zero-order chi connectivity index (χ0) is 39.8. The van der Waals surface area contributed by atoms with Crippen LogP contribution in [0.15, 0.2) is 10.3 Å². The van der Waals surface area contributed by atoms with Crippen molar-refractivity contribution in [3.05, 3.63) is 41.4 Å². The first kappa shape index (κ1) is 47.3. The number of hydrogen-bond acceptors (Lipinski definition) is 19. The summed E-state index contributed by atoms with van der Waals surface area (Å²) in [6.45, 7) is 3.91. The quantitative estimate of drug-likeness (QED) is 0.0419. The molecule has 19 nitrogen and oxygen atoms in total. The lowest BCUT2D eigenvalue weighted by Gasteiger charge is -2.17. The molecule has 0 unspecified atom stereocenters. The lowest BCUT2D eigenvalue weighted by Crippen LogP contribution is -2.36. The van der Waals surface area contributed by atoms with Crippen LogP contribution >= 0.6 is 58.3 Å². The first-order valence-corrected chi connectivity index (χ1v) is 19.5. The van der Waals surface area contributed by atoms with Gasteiger partial charge in [-0.15, -0.1) is 0 Å². The lowest BCUT2D eigenvalue weighted by atomic mass is 9.98. The molecule has 2 aromatic rings. The van der Waals surface area contributed by atoms with Gasteiger partial charge in [0.2, 0.25) is 15.5 Å². The van der Waals surface area contributed by atoms with E-state index in [1.165, 1.54) is 23.5 Å². The highest BCUT2D eigenvalue weighted by atomic mass is 35.5. The van der Waals surface area contributed by atoms with Crippen molar-refractivity contribution in [2.75, 3.05) is 37.9 Å². The number of nitrogens with two attached hydrogens (primary N) is 1. The largest absolute Gasteiger partial charge is 0.394 e.